The number of nitrogens with zero attached hydrogens (tertiary/aromatic N) is 3. The number of hydrogen-bond donors (Lipinski definition) is 1. The van der Waals surface area contributed by atoms with Crippen molar-refractivity contribution in [1.82, 2.24) is 0 Å². The second-order valence-corrected chi connectivity index (χ2v) is 3.81. The molecular formula is C10H11N3O6. The van der Waals surface area contributed by atoms with E-state index in [2.05, 4.69) is 0 Å². The second-order valence-electron chi connectivity index (χ2n) is 3.81. The molecule has 0 fully saturated rings. The topological polar surface area (TPSA) is 127 Å². The molecule has 0 aliphatic heterocycles. The summed E-state index contributed by atoms with van der Waals surface area (Å²) in [5, 5.41) is 30.3. The summed E-state index contributed by atoms with van der Waals surface area (Å²) >= 11 is 0. The van der Waals surface area contributed by atoms with Gasteiger partial charge in [-0.1, -0.05) is 0 Å². The van der Waals surface area contributed by atoms with E-state index in [1.807, 2.05) is 0 Å². The summed E-state index contributed by atoms with van der Waals surface area (Å²) in [4.78, 5) is 32.0. The van der Waals surface area contributed by atoms with Gasteiger partial charge in [0.2, 0.25) is 0 Å². The van der Waals surface area contributed by atoms with Crippen LogP contribution in [0.4, 0.5) is 17.1 Å². The first-order valence-electron chi connectivity index (χ1n) is 5.14. The van der Waals surface area contributed by atoms with Crippen LogP contribution in [0, 0.1) is 20.2 Å². The van der Waals surface area contributed by atoms with Crippen LogP contribution in [0.25, 0.3) is 0 Å². The van der Waals surface area contributed by atoms with Gasteiger partial charge < -0.3 is 10.0 Å². The average molecular weight is 269 g/mol. The van der Waals surface area contributed by atoms with E-state index < -0.39 is 33.2 Å². The standard InChI is InChI=1S/C10H11N3O6/c1-6(10(14)15)11(2)8-4-3-7(12(16)17)5-9(8)13(18)19/h3-6H,1-2H3,(H,14,15)/t6-/m0/s1. The van der Waals surface area contributed by atoms with Gasteiger partial charge in [0.05, 0.1) is 15.9 Å². The number of nitro groups is 2. The van der Waals surface area contributed by atoms with Crippen LogP contribution in [0.3, 0.4) is 0 Å². The molecule has 1 aromatic rings. The van der Waals surface area contributed by atoms with Gasteiger partial charge in [0, 0.05) is 13.1 Å². The van der Waals surface area contributed by atoms with Gasteiger partial charge in [-0.25, -0.2) is 4.79 Å². The van der Waals surface area contributed by atoms with Crippen molar-refractivity contribution in [2.45, 2.75) is 13.0 Å². The van der Waals surface area contributed by atoms with Gasteiger partial charge >= 0.3 is 5.97 Å². The number of hydrogen-bond acceptors (Lipinski definition) is 6. The van der Waals surface area contributed by atoms with Crippen LogP contribution >= 0.6 is 0 Å². The van der Waals surface area contributed by atoms with Gasteiger partial charge in [0.15, 0.2) is 0 Å². The van der Waals surface area contributed by atoms with E-state index in [1.54, 1.807) is 0 Å². The van der Waals surface area contributed by atoms with Crippen LogP contribution in [0.2, 0.25) is 0 Å². The van der Waals surface area contributed by atoms with Crippen molar-refractivity contribution in [3.05, 3.63) is 38.4 Å². The molecule has 19 heavy (non-hydrogen) atoms. The minimum absolute atomic E-state index is 0.00509. The lowest BCUT2D eigenvalue weighted by molar-refractivity contribution is -0.393. The zero-order valence-electron chi connectivity index (χ0n) is 10.1. The van der Waals surface area contributed by atoms with Gasteiger partial charge in [-0.2, -0.15) is 0 Å². The molecule has 0 radical (unpaired) electrons. The highest BCUT2D eigenvalue weighted by Gasteiger charge is 2.26. The predicted octanol–water partition coefficient (Wildman–Crippen LogP) is 1.41. The molecule has 1 N–H and O–H groups in total. The number of carboxylic acid groups (broad SMARTS) is 1. The SMILES string of the molecule is C[C@@H](C(=O)O)N(C)c1ccc([N+](=O)[O-])cc1[N+](=O)[O-]. The fourth-order valence-electron chi connectivity index (χ4n) is 1.44. The molecule has 1 rings (SSSR count). The fourth-order valence-corrected chi connectivity index (χ4v) is 1.44. The monoisotopic (exact) mass is 269 g/mol. The third-order valence-corrected chi connectivity index (χ3v) is 2.68. The van der Waals surface area contributed by atoms with Crippen molar-refractivity contribution in [3.8, 4) is 0 Å². The lowest BCUT2D eigenvalue weighted by Crippen LogP contribution is -2.36. The maximum absolute atomic E-state index is 10.9. The number of carbonyl (C=O) groups is 1. The third-order valence-electron chi connectivity index (χ3n) is 2.68. The van der Waals surface area contributed by atoms with Crippen LogP contribution in [0.1, 0.15) is 6.92 Å². The number of nitro benzene ring substituents is 2. The molecule has 9 heteroatoms. The van der Waals surface area contributed by atoms with Crippen molar-refractivity contribution in [3.63, 3.8) is 0 Å². The molecule has 0 aromatic heterocycles. The summed E-state index contributed by atoms with van der Waals surface area (Å²) in [5.41, 5.74) is -0.929. The van der Waals surface area contributed by atoms with E-state index in [-0.39, 0.29) is 5.69 Å². The summed E-state index contributed by atoms with van der Waals surface area (Å²) in [6.07, 6.45) is 0. The Kier molecular flexibility index (Phi) is 4.00. The maximum atomic E-state index is 10.9. The Morgan fingerprint density at radius 1 is 1.32 bits per heavy atom. The van der Waals surface area contributed by atoms with Crippen LogP contribution < -0.4 is 4.90 Å². The minimum atomic E-state index is -1.16. The highest BCUT2D eigenvalue weighted by molar-refractivity contribution is 5.79. The van der Waals surface area contributed by atoms with Gasteiger partial charge in [-0.05, 0) is 13.0 Å². The van der Waals surface area contributed by atoms with E-state index in [0.29, 0.717) is 0 Å². The van der Waals surface area contributed by atoms with Crippen molar-refractivity contribution < 1.29 is 19.7 Å². The molecule has 1 atom stereocenters. The summed E-state index contributed by atoms with van der Waals surface area (Å²) in [6, 6.07) is 2.06. The highest BCUT2D eigenvalue weighted by atomic mass is 16.6. The van der Waals surface area contributed by atoms with Crippen LogP contribution in [-0.2, 0) is 4.79 Å². The van der Waals surface area contributed by atoms with Crippen molar-refractivity contribution in [2.75, 3.05) is 11.9 Å². The predicted molar refractivity (Wildman–Crippen MR) is 65.3 cm³/mol. The Labute approximate surface area is 107 Å². The van der Waals surface area contributed by atoms with Crippen molar-refractivity contribution >= 4 is 23.0 Å². The van der Waals surface area contributed by atoms with E-state index in [4.69, 9.17) is 5.11 Å². The van der Waals surface area contributed by atoms with Gasteiger partial charge in [0.25, 0.3) is 11.4 Å². The first kappa shape index (κ1) is 14.4. The van der Waals surface area contributed by atoms with E-state index in [9.17, 15) is 25.0 Å². The smallest absolute Gasteiger partial charge is 0.326 e. The quantitative estimate of drug-likeness (QED) is 0.632. The minimum Gasteiger partial charge on any atom is -0.480 e. The second kappa shape index (κ2) is 5.29. The van der Waals surface area contributed by atoms with E-state index in [0.717, 1.165) is 18.2 Å². The van der Waals surface area contributed by atoms with Crippen LogP contribution in [0.15, 0.2) is 18.2 Å². The number of anilines is 1. The molecule has 0 spiro atoms. The number of aliphatic carboxylic acids is 1. The Morgan fingerprint density at radius 2 is 1.89 bits per heavy atom. The van der Waals surface area contributed by atoms with E-state index in [1.165, 1.54) is 18.9 Å². The summed E-state index contributed by atoms with van der Waals surface area (Å²) in [6.45, 7) is 1.35. The fraction of sp³-hybridized carbons (Fsp3) is 0.300. The summed E-state index contributed by atoms with van der Waals surface area (Å²) in [7, 11) is 1.37. The summed E-state index contributed by atoms with van der Waals surface area (Å²) in [5.74, 6) is -1.16. The number of benzene rings is 1. The molecule has 9 nitrogen and oxygen atoms in total. The highest BCUT2D eigenvalue weighted by Crippen LogP contribution is 2.32. The Balaban J connectivity index is 3.31. The first-order chi connectivity index (χ1) is 8.75. The number of rotatable bonds is 5. The number of carboxylic acids is 1. The first-order valence-corrected chi connectivity index (χ1v) is 5.14. The Morgan fingerprint density at radius 3 is 2.32 bits per heavy atom. The molecular weight excluding hydrogens is 258 g/mol. The lowest BCUT2D eigenvalue weighted by Gasteiger charge is -2.23. The molecule has 0 aliphatic carbocycles. The van der Waals surface area contributed by atoms with Crippen molar-refractivity contribution in [1.29, 1.82) is 0 Å². The molecule has 1 aromatic carbocycles. The molecule has 0 amide bonds. The Hall–Kier alpha value is -2.71. The van der Waals surface area contributed by atoms with Gasteiger partial charge in [-0.15, -0.1) is 0 Å². The normalized spacial score (nSPS) is 11.7. The van der Waals surface area contributed by atoms with Crippen LogP contribution in [-0.4, -0.2) is 34.0 Å². The zero-order chi connectivity index (χ0) is 14.7. The Bertz CT molecular complexity index is 544. The van der Waals surface area contributed by atoms with Gasteiger partial charge in [-0.3, -0.25) is 20.2 Å². The van der Waals surface area contributed by atoms with Gasteiger partial charge in [0.1, 0.15) is 11.7 Å². The molecule has 0 saturated carbocycles. The largest absolute Gasteiger partial charge is 0.480 e. The lowest BCUT2D eigenvalue weighted by atomic mass is 10.2. The zero-order valence-corrected chi connectivity index (χ0v) is 10.1. The third kappa shape index (κ3) is 2.94. The maximum Gasteiger partial charge on any atom is 0.326 e. The molecule has 0 bridgehead atoms. The average Bonchev–Trinajstić information content (AvgIpc) is 2.35. The number of likely N-dealkylation sites (N-methyl/N-ethyl adjacent to an activating group) is 1. The van der Waals surface area contributed by atoms with E-state index >= 15 is 0 Å². The number of non-ortho nitro benzene ring substituents is 1. The molecule has 0 heterocycles. The van der Waals surface area contributed by atoms with Crippen molar-refractivity contribution in [2.24, 2.45) is 0 Å². The molecule has 0 aliphatic rings. The molecule has 0 saturated heterocycles. The molecule has 102 valence electrons. The van der Waals surface area contributed by atoms with Crippen LogP contribution in [0.5, 0.6) is 0 Å². The summed E-state index contributed by atoms with van der Waals surface area (Å²) < 4.78 is 0. The molecule has 0 unspecified atom stereocenters.